The van der Waals surface area contributed by atoms with Crippen molar-refractivity contribution in [2.24, 2.45) is 12.8 Å². The van der Waals surface area contributed by atoms with E-state index in [1.54, 1.807) is 0 Å². The summed E-state index contributed by atoms with van der Waals surface area (Å²) in [5, 5.41) is 4.25. The van der Waals surface area contributed by atoms with E-state index in [4.69, 9.17) is 10.5 Å². The molecule has 0 saturated heterocycles. The second-order valence-corrected chi connectivity index (χ2v) is 5.36. The number of ether oxygens (including phenoxy) is 1. The number of aromatic nitrogens is 2. The van der Waals surface area contributed by atoms with Crippen LogP contribution < -0.4 is 5.73 Å². The Morgan fingerprint density at radius 1 is 1.47 bits per heavy atom. The summed E-state index contributed by atoms with van der Waals surface area (Å²) in [5.74, 6) is 0. The highest BCUT2D eigenvalue weighted by atomic mass is 16.5. The van der Waals surface area contributed by atoms with Crippen molar-refractivity contribution in [1.82, 2.24) is 14.7 Å². The number of hydrogen-bond acceptors (Lipinski definition) is 4. The van der Waals surface area contributed by atoms with Crippen LogP contribution in [-0.4, -0.2) is 47.0 Å². The standard InChI is InChI=1S/C14H28N4O/c1-6-13(15)14(12-9-16-18(5)10-12)17(4)7-8-19-11(2)3/h9-11,13-14H,6-8,15H2,1-5H3. The molecule has 2 atom stereocenters. The van der Waals surface area contributed by atoms with Crippen LogP contribution in [0.2, 0.25) is 0 Å². The molecule has 0 radical (unpaired) electrons. The predicted molar refractivity (Wildman–Crippen MR) is 77.9 cm³/mol. The summed E-state index contributed by atoms with van der Waals surface area (Å²) in [6, 6.07) is 0.294. The quantitative estimate of drug-likeness (QED) is 0.777. The summed E-state index contributed by atoms with van der Waals surface area (Å²) >= 11 is 0. The van der Waals surface area contributed by atoms with Gasteiger partial charge in [0, 0.05) is 31.4 Å². The molecule has 2 N–H and O–H groups in total. The number of nitrogens with two attached hydrogens (primary N) is 1. The van der Waals surface area contributed by atoms with E-state index in [0.29, 0.717) is 0 Å². The van der Waals surface area contributed by atoms with Crippen LogP contribution in [0, 0.1) is 0 Å². The number of aryl methyl sites for hydroxylation is 1. The minimum Gasteiger partial charge on any atom is -0.377 e. The lowest BCUT2D eigenvalue weighted by atomic mass is 9.99. The van der Waals surface area contributed by atoms with Gasteiger partial charge in [0.25, 0.3) is 0 Å². The SMILES string of the molecule is CCC(N)C(c1cnn(C)c1)N(C)CCOC(C)C. The third-order valence-corrected chi connectivity index (χ3v) is 3.31. The zero-order valence-corrected chi connectivity index (χ0v) is 12.8. The Hall–Kier alpha value is -0.910. The van der Waals surface area contributed by atoms with Crippen LogP contribution in [0.25, 0.3) is 0 Å². The van der Waals surface area contributed by atoms with E-state index >= 15 is 0 Å². The molecular formula is C14H28N4O. The third kappa shape index (κ3) is 4.93. The lowest BCUT2D eigenvalue weighted by Gasteiger charge is -2.31. The van der Waals surface area contributed by atoms with Gasteiger partial charge in [-0.2, -0.15) is 5.10 Å². The maximum Gasteiger partial charge on any atom is 0.0597 e. The van der Waals surface area contributed by atoms with Crippen molar-refractivity contribution in [3.63, 3.8) is 0 Å². The molecule has 19 heavy (non-hydrogen) atoms. The van der Waals surface area contributed by atoms with E-state index < -0.39 is 0 Å². The van der Waals surface area contributed by atoms with E-state index in [-0.39, 0.29) is 18.2 Å². The Morgan fingerprint density at radius 2 is 2.16 bits per heavy atom. The Morgan fingerprint density at radius 3 is 2.63 bits per heavy atom. The molecule has 0 aliphatic carbocycles. The maximum atomic E-state index is 6.27. The van der Waals surface area contributed by atoms with Crippen LogP contribution in [0.1, 0.15) is 38.8 Å². The molecule has 0 bridgehead atoms. The Labute approximate surface area is 116 Å². The average Bonchev–Trinajstić information content (AvgIpc) is 2.75. The number of likely N-dealkylation sites (N-methyl/N-ethyl adjacent to an activating group) is 1. The third-order valence-electron chi connectivity index (χ3n) is 3.31. The summed E-state index contributed by atoms with van der Waals surface area (Å²) < 4.78 is 7.44. The Kier molecular flexibility index (Phi) is 6.48. The molecule has 0 aliphatic heterocycles. The summed E-state index contributed by atoms with van der Waals surface area (Å²) in [6.07, 6.45) is 5.15. The number of hydrogen-bond donors (Lipinski definition) is 1. The van der Waals surface area contributed by atoms with Crippen molar-refractivity contribution in [2.45, 2.75) is 45.4 Å². The summed E-state index contributed by atoms with van der Waals surface area (Å²) in [6.45, 7) is 7.81. The Bertz CT molecular complexity index is 364. The molecule has 1 aromatic heterocycles. The maximum absolute atomic E-state index is 6.27. The largest absolute Gasteiger partial charge is 0.377 e. The average molecular weight is 268 g/mol. The molecule has 5 nitrogen and oxygen atoms in total. The molecule has 0 saturated carbocycles. The van der Waals surface area contributed by atoms with Gasteiger partial charge in [-0.3, -0.25) is 9.58 Å². The van der Waals surface area contributed by atoms with Crippen molar-refractivity contribution in [2.75, 3.05) is 20.2 Å². The van der Waals surface area contributed by atoms with Gasteiger partial charge < -0.3 is 10.5 Å². The summed E-state index contributed by atoms with van der Waals surface area (Å²) in [5.41, 5.74) is 7.44. The predicted octanol–water partition coefficient (Wildman–Crippen LogP) is 1.56. The van der Waals surface area contributed by atoms with Crippen molar-refractivity contribution in [3.05, 3.63) is 18.0 Å². The fourth-order valence-electron chi connectivity index (χ4n) is 2.22. The molecule has 110 valence electrons. The fraction of sp³-hybridized carbons (Fsp3) is 0.786. The molecule has 0 fully saturated rings. The molecule has 0 aliphatic rings. The number of nitrogens with zero attached hydrogens (tertiary/aromatic N) is 3. The van der Waals surface area contributed by atoms with Gasteiger partial charge in [-0.15, -0.1) is 0 Å². The monoisotopic (exact) mass is 268 g/mol. The van der Waals surface area contributed by atoms with Crippen molar-refractivity contribution in [1.29, 1.82) is 0 Å². The topological polar surface area (TPSA) is 56.3 Å². The minimum absolute atomic E-state index is 0.105. The zero-order chi connectivity index (χ0) is 14.4. The first-order valence-electron chi connectivity index (χ1n) is 7.01. The first-order valence-corrected chi connectivity index (χ1v) is 7.01. The van der Waals surface area contributed by atoms with Gasteiger partial charge in [0.15, 0.2) is 0 Å². The second kappa shape index (κ2) is 7.62. The van der Waals surface area contributed by atoms with Gasteiger partial charge in [0.2, 0.25) is 0 Å². The van der Waals surface area contributed by atoms with Gasteiger partial charge in [0.05, 0.1) is 24.9 Å². The minimum atomic E-state index is 0.105. The second-order valence-electron chi connectivity index (χ2n) is 5.36. The first kappa shape index (κ1) is 16.1. The molecular weight excluding hydrogens is 240 g/mol. The van der Waals surface area contributed by atoms with Crippen molar-refractivity contribution >= 4 is 0 Å². The van der Waals surface area contributed by atoms with E-state index in [0.717, 1.165) is 19.6 Å². The normalized spacial score (nSPS) is 15.2. The fourth-order valence-corrected chi connectivity index (χ4v) is 2.22. The lowest BCUT2D eigenvalue weighted by Crippen LogP contribution is -2.40. The molecule has 0 spiro atoms. The van der Waals surface area contributed by atoms with E-state index in [9.17, 15) is 0 Å². The van der Waals surface area contributed by atoms with Crippen molar-refractivity contribution in [3.8, 4) is 0 Å². The van der Waals surface area contributed by atoms with Crippen LogP contribution in [0.15, 0.2) is 12.4 Å². The summed E-state index contributed by atoms with van der Waals surface area (Å²) in [7, 11) is 4.02. The molecule has 0 amide bonds. The van der Waals surface area contributed by atoms with Crippen LogP contribution in [0.4, 0.5) is 0 Å². The molecule has 2 unspecified atom stereocenters. The van der Waals surface area contributed by atoms with Gasteiger partial charge >= 0.3 is 0 Å². The van der Waals surface area contributed by atoms with Crippen LogP contribution in [0.5, 0.6) is 0 Å². The molecule has 1 heterocycles. The molecule has 1 aromatic rings. The highest BCUT2D eigenvalue weighted by Gasteiger charge is 2.24. The molecule has 1 rings (SSSR count). The summed E-state index contributed by atoms with van der Waals surface area (Å²) in [4.78, 5) is 2.26. The first-order chi connectivity index (χ1) is 8.95. The lowest BCUT2D eigenvalue weighted by molar-refractivity contribution is 0.0527. The van der Waals surface area contributed by atoms with Gasteiger partial charge in [-0.1, -0.05) is 6.92 Å². The van der Waals surface area contributed by atoms with Gasteiger partial charge in [0.1, 0.15) is 0 Å². The highest BCUT2D eigenvalue weighted by Crippen LogP contribution is 2.23. The highest BCUT2D eigenvalue weighted by molar-refractivity contribution is 5.13. The molecule has 0 aromatic carbocycles. The van der Waals surface area contributed by atoms with Gasteiger partial charge in [-0.25, -0.2) is 0 Å². The Balaban J connectivity index is 2.68. The number of rotatable bonds is 8. The van der Waals surface area contributed by atoms with E-state index in [1.165, 1.54) is 5.56 Å². The van der Waals surface area contributed by atoms with Crippen LogP contribution in [0.3, 0.4) is 0 Å². The molecule has 5 heteroatoms. The smallest absolute Gasteiger partial charge is 0.0597 e. The van der Waals surface area contributed by atoms with E-state index in [1.807, 2.05) is 24.1 Å². The zero-order valence-electron chi connectivity index (χ0n) is 12.8. The van der Waals surface area contributed by atoms with Crippen LogP contribution in [-0.2, 0) is 11.8 Å². The van der Waals surface area contributed by atoms with E-state index in [2.05, 4.69) is 37.8 Å². The van der Waals surface area contributed by atoms with Crippen LogP contribution >= 0.6 is 0 Å². The van der Waals surface area contributed by atoms with Gasteiger partial charge in [-0.05, 0) is 27.3 Å². The van der Waals surface area contributed by atoms with Crippen molar-refractivity contribution < 1.29 is 4.74 Å².